The molecule has 0 unspecified atom stereocenters. The van der Waals surface area contributed by atoms with E-state index in [4.69, 9.17) is 5.11 Å². The highest BCUT2D eigenvalue weighted by molar-refractivity contribution is 5.70. The molecule has 2 rings (SSSR count). The van der Waals surface area contributed by atoms with Gasteiger partial charge in [-0.05, 0) is 31.0 Å². The summed E-state index contributed by atoms with van der Waals surface area (Å²) in [6, 6.07) is 5.34. The van der Waals surface area contributed by atoms with Crippen LogP contribution in [-0.2, 0) is 11.2 Å². The molecule has 3 N–H and O–H groups in total. The van der Waals surface area contributed by atoms with Crippen LogP contribution in [0.15, 0.2) is 18.2 Å². The van der Waals surface area contributed by atoms with Crippen molar-refractivity contribution in [2.24, 2.45) is 0 Å². The predicted molar refractivity (Wildman–Crippen MR) is 59.4 cm³/mol. The van der Waals surface area contributed by atoms with Gasteiger partial charge >= 0.3 is 5.97 Å². The van der Waals surface area contributed by atoms with Crippen LogP contribution < -0.4 is 5.32 Å². The molecule has 4 nitrogen and oxygen atoms in total. The van der Waals surface area contributed by atoms with Crippen LogP contribution in [0.5, 0.6) is 5.75 Å². The third-order valence-corrected chi connectivity index (χ3v) is 2.89. The summed E-state index contributed by atoms with van der Waals surface area (Å²) < 4.78 is 0. The Morgan fingerprint density at radius 1 is 1.50 bits per heavy atom. The lowest BCUT2D eigenvalue weighted by Crippen LogP contribution is -2.13. The molecule has 1 saturated heterocycles. The van der Waals surface area contributed by atoms with E-state index >= 15 is 0 Å². The molecular formula is C12H15NO3. The van der Waals surface area contributed by atoms with Crippen LogP contribution in [0.25, 0.3) is 0 Å². The van der Waals surface area contributed by atoms with Gasteiger partial charge in [0.05, 0.1) is 6.42 Å². The third kappa shape index (κ3) is 2.33. The first-order valence-electron chi connectivity index (χ1n) is 5.44. The van der Waals surface area contributed by atoms with Gasteiger partial charge in [0.15, 0.2) is 0 Å². The van der Waals surface area contributed by atoms with Gasteiger partial charge < -0.3 is 15.5 Å². The number of carboxylic acid groups (broad SMARTS) is 1. The Morgan fingerprint density at radius 3 is 2.88 bits per heavy atom. The van der Waals surface area contributed by atoms with Crippen LogP contribution in [0.3, 0.4) is 0 Å². The van der Waals surface area contributed by atoms with E-state index in [1.54, 1.807) is 12.1 Å². The molecule has 1 aromatic carbocycles. The standard InChI is InChI=1S/C12H15NO3/c14-11-6-8(7-12(15)16)3-4-9(11)10-2-1-5-13-10/h3-4,6,10,13-14H,1-2,5,7H2,(H,15,16)/t10-/m1/s1. The van der Waals surface area contributed by atoms with Crippen molar-refractivity contribution in [3.63, 3.8) is 0 Å². The van der Waals surface area contributed by atoms with Gasteiger partial charge in [-0.15, -0.1) is 0 Å². The van der Waals surface area contributed by atoms with E-state index in [1.807, 2.05) is 6.07 Å². The number of nitrogens with one attached hydrogen (secondary N) is 1. The first kappa shape index (κ1) is 11.0. The van der Waals surface area contributed by atoms with Gasteiger partial charge in [-0.1, -0.05) is 12.1 Å². The lowest BCUT2D eigenvalue weighted by atomic mass is 10.0. The van der Waals surface area contributed by atoms with Crippen LogP contribution in [0, 0.1) is 0 Å². The quantitative estimate of drug-likeness (QED) is 0.722. The molecule has 4 heteroatoms. The highest BCUT2D eigenvalue weighted by Crippen LogP contribution is 2.30. The molecule has 0 aliphatic carbocycles. The van der Waals surface area contributed by atoms with Gasteiger partial charge in [0.1, 0.15) is 5.75 Å². The van der Waals surface area contributed by atoms with Crippen molar-refractivity contribution < 1.29 is 15.0 Å². The van der Waals surface area contributed by atoms with Crippen LogP contribution >= 0.6 is 0 Å². The number of carbonyl (C=O) groups is 1. The van der Waals surface area contributed by atoms with Gasteiger partial charge in [-0.2, -0.15) is 0 Å². The van der Waals surface area contributed by atoms with Crippen molar-refractivity contribution in [1.82, 2.24) is 5.32 Å². The molecule has 1 aliphatic rings. The predicted octanol–water partition coefficient (Wildman–Crippen LogP) is 1.44. The molecule has 1 atom stereocenters. The largest absolute Gasteiger partial charge is 0.508 e. The molecule has 1 aliphatic heterocycles. The Bertz CT molecular complexity index is 397. The van der Waals surface area contributed by atoms with Crippen LogP contribution in [0.1, 0.15) is 30.0 Å². The van der Waals surface area contributed by atoms with E-state index < -0.39 is 5.97 Å². The van der Waals surface area contributed by atoms with E-state index in [9.17, 15) is 9.90 Å². The summed E-state index contributed by atoms with van der Waals surface area (Å²) >= 11 is 0. The van der Waals surface area contributed by atoms with Crippen molar-refractivity contribution in [1.29, 1.82) is 0 Å². The number of benzene rings is 1. The number of aromatic hydroxyl groups is 1. The van der Waals surface area contributed by atoms with Crippen LogP contribution in [0.4, 0.5) is 0 Å². The zero-order valence-corrected chi connectivity index (χ0v) is 8.94. The summed E-state index contributed by atoms with van der Waals surface area (Å²) in [7, 11) is 0. The summed E-state index contributed by atoms with van der Waals surface area (Å²) in [5.41, 5.74) is 1.50. The van der Waals surface area contributed by atoms with E-state index in [0.29, 0.717) is 5.56 Å². The Kier molecular flexibility index (Phi) is 3.10. The smallest absolute Gasteiger partial charge is 0.307 e. The Labute approximate surface area is 93.9 Å². The summed E-state index contributed by atoms with van der Waals surface area (Å²) in [5, 5.41) is 21.8. The molecule has 0 saturated carbocycles. The lowest BCUT2D eigenvalue weighted by Gasteiger charge is -2.13. The average molecular weight is 221 g/mol. The highest BCUT2D eigenvalue weighted by atomic mass is 16.4. The van der Waals surface area contributed by atoms with Crippen molar-refractivity contribution >= 4 is 5.97 Å². The molecule has 16 heavy (non-hydrogen) atoms. The fraction of sp³-hybridized carbons (Fsp3) is 0.417. The summed E-state index contributed by atoms with van der Waals surface area (Å²) in [6.45, 7) is 0.973. The molecule has 1 aromatic rings. The monoisotopic (exact) mass is 221 g/mol. The van der Waals surface area contributed by atoms with E-state index in [2.05, 4.69) is 5.32 Å². The van der Waals surface area contributed by atoms with Crippen LogP contribution in [-0.4, -0.2) is 22.7 Å². The Hall–Kier alpha value is -1.55. The minimum Gasteiger partial charge on any atom is -0.508 e. The molecule has 0 spiro atoms. The lowest BCUT2D eigenvalue weighted by molar-refractivity contribution is -0.136. The topological polar surface area (TPSA) is 69.6 Å². The van der Waals surface area contributed by atoms with E-state index in [-0.39, 0.29) is 18.2 Å². The molecular weight excluding hydrogens is 206 g/mol. The van der Waals surface area contributed by atoms with Gasteiger partial charge in [0, 0.05) is 11.6 Å². The number of hydrogen-bond donors (Lipinski definition) is 3. The van der Waals surface area contributed by atoms with Gasteiger partial charge in [0.25, 0.3) is 0 Å². The van der Waals surface area contributed by atoms with Crippen LogP contribution in [0.2, 0.25) is 0 Å². The maximum absolute atomic E-state index is 10.5. The summed E-state index contributed by atoms with van der Waals surface area (Å²) in [4.78, 5) is 10.5. The number of phenols is 1. The number of aliphatic carboxylic acids is 1. The molecule has 0 bridgehead atoms. The second-order valence-electron chi connectivity index (χ2n) is 4.11. The number of carboxylic acids is 1. The summed E-state index contributed by atoms with van der Waals surface area (Å²) in [6.07, 6.45) is 2.08. The van der Waals surface area contributed by atoms with Crippen molar-refractivity contribution in [3.8, 4) is 5.75 Å². The Balaban J connectivity index is 2.18. The second-order valence-corrected chi connectivity index (χ2v) is 4.11. The first-order chi connectivity index (χ1) is 7.66. The van der Waals surface area contributed by atoms with Crippen molar-refractivity contribution in [2.75, 3.05) is 6.54 Å². The van der Waals surface area contributed by atoms with E-state index in [1.165, 1.54) is 0 Å². The van der Waals surface area contributed by atoms with Crippen molar-refractivity contribution in [2.45, 2.75) is 25.3 Å². The normalized spacial score (nSPS) is 19.9. The maximum atomic E-state index is 10.5. The highest BCUT2D eigenvalue weighted by Gasteiger charge is 2.19. The molecule has 0 amide bonds. The maximum Gasteiger partial charge on any atom is 0.307 e. The number of hydrogen-bond acceptors (Lipinski definition) is 3. The zero-order valence-electron chi connectivity index (χ0n) is 8.94. The minimum atomic E-state index is -0.883. The summed E-state index contributed by atoms with van der Waals surface area (Å²) in [5.74, 6) is -0.690. The fourth-order valence-electron chi connectivity index (χ4n) is 2.12. The SMILES string of the molecule is O=C(O)Cc1ccc([C@H]2CCCN2)c(O)c1. The molecule has 1 fully saturated rings. The van der Waals surface area contributed by atoms with Gasteiger partial charge in [-0.25, -0.2) is 0 Å². The number of rotatable bonds is 3. The molecule has 0 radical (unpaired) electrons. The average Bonchev–Trinajstić information content (AvgIpc) is 2.69. The van der Waals surface area contributed by atoms with Gasteiger partial charge in [-0.3, -0.25) is 4.79 Å². The van der Waals surface area contributed by atoms with E-state index in [0.717, 1.165) is 24.9 Å². The zero-order chi connectivity index (χ0) is 11.5. The minimum absolute atomic E-state index is 0.0497. The number of phenolic OH excluding ortho intramolecular Hbond substituents is 1. The van der Waals surface area contributed by atoms with Crippen molar-refractivity contribution in [3.05, 3.63) is 29.3 Å². The molecule has 86 valence electrons. The first-order valence-corrected chi connectivity index (χ1v) is 5.44. The second kappa shape index (κ2) is 4.53. The fourth-order valence-corrected chi connectivity index (χ4v) is 2.12. The molecule has 1 heterocycles. The van der Waals surface area contributed by atoms with Gasteiger partial charge in [0.2, 0.25) is 0 Å². The molecule has 0 aromatic heterocycles. The Morgan fingerprint density at radius 2 is 2.31 bits per heavy atom. The third-order valence-electron chi connectivity index (χ3n) is 2.89.